The van der Waals surface area contributed by atoms with Gasteiger partial charge in [0.05, 0.1) is 0 Å². The molecule has 0 aliphatic carbocycles. The maximum absolute atomic E-state index is 4.43. The van der Waals surface area contributed by atoms with Gasteiger partial charge in [-0.2, -0.15) is 0 Å². The Hall–Kier alpha value is -0.130. The fourth-order valence-corrected chi connectivity index (χ4v) is 1.43. The van der Waals surface area contributed by atoms with Crippen LogP contribution in [0.25, 0.3) is 10.6 Å². The van der Waals surface area contributed by atoms with Crippen molar-refractivity contribution >= 4 is 11.4 Å². The molecule has 0 saturated heterocycles. The molecule has 0 spiro atoms. The third-order valence-corrected chi connectivity index (χ3v) is 2.20. The minimum absolute atomic E-state index is 0. The molecule has 2 rings (SSSR count). The molecule has 0 radical (unpaired) electrons. The van der Waals surface area contributed by atoms with Crippen LogP contribution in [0.1, 0.15) is 0 Å². The number of hydrogen-bond acceptors (Lipinski definition) is 0. The van der Waals surface area contributed by atoms with Crippen LogP contribution < -0.4 is 34.0 Å². The molecule has 5 heteroatoms. The van der Waals surface area contributed by atoms with Gasteiger partial charge >= 0.3 is 25.8 Å². The molecule has 98 valence electrons. The van der Waals surface area contributed by atoms with Gasteiger partial charge in [0.1, 0.15) is 0 Å². The standard InChI is InChI=1S/C14H14N2.2BrH.Hf/c1-3-7-13(8-4-1)15-11-12-16-14-9-5-2-6-10-14;;;/h1-10H,11-12H2;2*1H;/q-2;;;+4/p-2. The summed E-state index contributed by atoms with van der Waals surface area (Å²) in [5, 5.41) is 8.86. The largest absolute Gasteiger partial charge is 4.00 e. The van der Waals surface area contributed by atoms with E-state index in [1.165, 1.54) is 0 Å². The maximum atomic E-state index is 4.43. The summed E-state index contributed by atoms with van der Waals surface area (Å²) in [5.41, 5.74) is 2.04. The second-order valence-electron chi connectivity index (χ2n) is 3.43. The van der Waals surface area contributed by atoms with Crippen molar-refractivity contribution in [2.24, 2.45) is 0 Å². The molecule has 2 aromatic carbocycles. The predicted octanol–water partition coefficient (Wildman–Crippen LogP) is -1.60. The first-order chi connectivity index (χ1) is 7.95. The molecule has 0 bridgehead atoms. The summed E-state index contributed by atoms with van der Waals surface area (Å²) < 4.78 is 0. The van der Waals surface area contributed by atoms with Crippen molar-refractivity contribution in [2.75, 3.05) is 13.1 Å². The Morgan fingerprint density at radius 1 is 0.579 bits per heavy atom. The van der Waals surface area contributed by atoms with Crippen LogP contribution >= 0.6 is 0 Å². The minimum Gasteiger partial charge on any atom is -1.00 e. The van der Waals surface area contributed by atoms with E-state index in [-0.39, 0.29) is 59.8 Å². The van der Waals surface area contributed by atoms with Crippen LogP contribution in [0.3, 0.4) is 0 Å². The number of halogens is 2. The summed E-state index contributed by atoms with van der Waals surface area (Å²) in [6.45, 7) is 1.47. The van der Waals surface area contributed by atoms with Gasteiger partial charge in [-0.25, -0.2) is 0 Å². The molecule has 0 aliphatic heterocycles. The zero-order valence-corrected chi connectivity index (χ0v) is 17.1. The van der Waals surface area contributed by atoms with Crippen molar-refractivity contribution < 1.29 is 59.8 Å². The van der Waals surface area contributed by atoms with E-state index in [1.807, 2.05) is 60.7 Å². The van der Waals surface area contributed by atoms with Gasteiger partial charge in [-0.3, -0.25) is 0 Å². The van der Waals surface area contributed by atoms with E-state index in [0.29, 0.717) is 0 Å². The number of nitrogens with zero attached hydrogens (tertiary/aromatic N) is 2. The fourth-order valence-electron chi connectivity index (χ4n) is 1.43. The van der Waals surface area contributed by atoms with Gasteiger partial charge in [-0.15, -0.1) is 24.5 Å². The summed E-state index contributed by atoms with van der Waals surface area (Å²) in [7, 11) is 0. The molecular formula is C14H14Br2HfN2. The Kier molecular flexibility index (Phi) is 14.4. The van der Waals surface area contributed by atoms with Crippen molar-refractivity contribution in [1.29, 1.82) is 0 Å². The molecule has 0 fully saturated rings. The van der Waals surface area contributed by atoms with Crippen LogP contribution in [-0.2, 0) is 25.8 Å². The van der Waals surface area contributed by atoms with Crippen molar-refractivity contribution in [3.05, 3.63) is 71.3 Å². The van der Waals surface area contributed by atoms with Gasteiger partial charge in [0.25, 0.3) is 0 Å². The van der Waals surface area contributed by atoms with Crippen LogP contribution in [0.2, 0.25) is 0 Å². The summed E-state index contributed by atoms with van der Waals surface area (Å²) in [5.74, 6) is 0. The summed E-state index contributed by atoms with van der Waals surface area (Å²) >= 11 is 0. The van der Waals surface area contributed by atoms with Crippen molar-refractivity contribution in [1.82, 2.24) is 0 Å². The monoisotopic (exact) mass is 548 g/mol. The van der Waals surface area contributed by atoms with E-state index in [1.54, 1.807) is 0 Å². The molecule has 0 aliphatic rings. The molecule has 2 aromatic rings. The van der Waals surface area contributed by atoms with Crippen LogP contribution in [0.15, 0.2) is 60.7 Å². The van der Waals surface area contributed by atoms with Crippen LogP contribution in [-0.4, -0.2) is 13.1 Å². The Morgan fingerprint density at radius 3 is 1.21 bits per heavy atom. The number of hydrogen-bond donors (Lipinski definition) is 0. The van der Waals surface area contributed by atoms with E-state index in [0.717, 1.165) is 24.5 Å². The van der Waals surface area contributed by atoms with E-state index < -0.39 is 0 Å². The Morgan fingerprint density at radius 2 is 0.895 bits per heavy atom. The SMILES string of the molecule is [Br-].[Br-].[Hf+4].c1ccc([N-]CC[N-]c2ccccc2)cc1. The quantitative estimate of drug-likeness (QED) is 0.319. The van der Waals surface area contributed by atoms with Crippen molar-refractivity contribution in [2.45, 2.75) is 0 Å². The van der Waals surface area contributed by atoms with Crippen LogP contribution in [0.5, 0.6) is 0 Å². The first-order valence-corrected chi connectivity index (χ1v) is 5.40. The fraction of sp³-hybridized carbons (Fsp3) is 0.143. The Labute approximate surface area is 154 Å². The number of benzene rings is 2. The minimum atomic E-state index is 0. The summed E-state index contributed by atoms with van der Waals surface area (Å²) in [6.07, 6.45) is 0. The molecule has 0 saturated carbocycles. The maximum Gasteiger partial charge on any atom is 4.00 e. The first-order valence-electron chi connectivity index (χ1n) is 5.40. The normalized spacial score (nSPS) is 8.21. The second kappa shape index (κ2) is 12.9. The van der Waals surface area contributed by atoms with Gasteiger partial charge < -0.3 is 44.6 Å². The Balaban J connectivity index is 0. The van der Waals surface area contributed by atoms with Crippen LogP contribution in [0, 0.1) is 0 Å². The molecule has 0 heterocycles. The smallest absolute Gasteiger partial charge is 1.00 e. The zero-order chi connectivity index (χ0) is 11.1. The number of rotatable bonds is 5. The van der Waals surface area contributed by atoms with Crippen molar-refractivity contribution in [3.8, 4) is 0 Å². The molecule has 0 atom stereocenters. The van der Waals surface area contributed by atoms with E-state index >= 15 is 0 Å². The van der Waals surface area contributed by atoms with Gasteiger partial charge in [-0.05, 0) is 0 Å². The second-order valence-corrected chi connectivity index (χ2v) is 3.43. The molecule has 19 heavy (non-hydrogen) atoms. The Bertz CT molecular complexity index is 371. The van der Waals surface area contributed by atoms with Gasteiger partial charge in [0, 0.05) is 0 Å². The average molecular weight is 549 g/mol. The molecule has 0 amide bonds. The predicted molar refractivity (Wildman–Crippen MR) is 68.7 cm³/mol. The molecule has 2 nitrogen and oxygen atoms in total. The molecular weight excluding hydrogens is 534 g/mol. The molecule has 0 N–H and O–H groups in total. The third-order valence-electron chi connectivity index (χ3n) is 2.20. The van der Waals surface area contributed by atoms with E-state index in [4.69, 9.17) is 0 Å². The molecule has 0 aromatic heterocycles. The van der Waals surface area contributed by atoms with Gasteiger partial charge in [0.2, 0.25) is 0 Å². The zero-order valence-electron chi connectivity index (χ0n) is 10.3. The summed E-state index contributed by atoms with van der Waals surface area (Å²) in [6, 6.07) is 20.0. The van der Waals surface area contributed by atoms with Crippen molar-refractivity contribution in [3.63, 3.8) is 0 Å². The third kappa shape index (κ3) is 8.61. The topological polar surface area (TPSA) is 28.2 Å². The van der Waals surface area contributed by atoms with E-state index in [2.05, 4.69) is 10.6 Å². The summed E-state index contributed by atoms with van der Waals surface area (Å²) in [4.78, 5) is 0. The average Bonchev–Trinajstić information content (AvgIpc) is 2.37. The van der Waals surface area contributed by atoms with Gasteiger partial charge in [-0.1, -0.05) is 60.7 Å². The molecule has 0 unspecified atom stereocenters. The number of para-hydroxylation sites is 2. The van der Waals surface area contributed by atoms with E-state index in [9.17, 15) is 0 Å². The van der Waals surface area contributed by atoms with Gasteiger partial charge in [0.15, 0.2) is 0 Å². The van der Waals surface area contributed by atoms with Crippen LogP contribution in [0.4, 0.5) is 11.4 Å². The first kappa shape index (κ1) is 21.2.